The molecule has 0 fully saturated rings. The maximum atomic E-state index is 12.0. The fraction of sp³-hybridized carbons (Fsp3) is 0.467. The van der Waals surface area contributed by atoms with E-state index in [0.717, 1.165) is 11.1 Å². The molecule has 0 bridgehead atoms. The van der Waals surface area contributed by atoms with Gasteiger partial charge in [0.15, 0.2) is 0 Å². The summed E-state index contributed by atoms with van der Waals surface area (Å²) in [5.41, 5.74) is 1.78. The molecule has 5 heteroatoms. The van der Waals surface area contributed by atoms with Gasteiger partial charge in [0.05, 0.1) is 13.5 Å². The monoisotopic (exact) mass is 279 g/mol. The molecule has 5 nitrogen and oxygen atoms in total. The van der Waals surface area contributed by atoms with Crippen molar-refractivity contribution in [1.82, 2.24) is 5.32 Å². The molecule has 0 aliphatic heterocycles. The molecule has 0 saturated carbocycles. The number of hydrogen-bond acceptors (Lipinski definition) is 3. The second-order valence-corrected chi connectivity index (χ2v) is 4.74. The summed E-state index contributed by atoms with van der Waals surface area (Å²) in [5.74, 6) is -0.681. The molecule has 0 heterocycles. The number of methoxy groups -OCH3 is 1. The highest BCUT2D eigenvalue weighted by Gasteiger charge is 2.19. The van der Waals surface area contributed by atoms with Crippen LogP contribution in [0.5, 0.6) is 5.75 Å². The van der Waals surface area contributed by atoms with Crippen molar-refractivity contribution in [3.05, 3.63) is 29.3 Å². The second-order valence-electron chi connectivity index (χ2n) is 4.74. The normalized spacial score (nSPS) is 11.8. The lowest BCUT2D eigenvalue weighted by Crippen LogP contribution is -2.41. The highest BCUT2D eigenvalue weighted by atomic mass is 16.5. The van der Waals surface area contributed by atoms with Gasteiger partial charge in [-0.15, -0.1) is 0 Å². The van der Waals surface area contributed by atoms with Gasteiger partial charge >= 0.3 is 5.97 Å². The smallest absolute Gasteiger partial charge is 0.326 e. The van der Waals surface area contributed by atoms with Crippen molar-refractivity contribution in [2.24, 2.45) is 0 Å². The van der Waals surface area contributed by atoms with Crippen molar-refractivity contribution in [3.8, 4) is 5.75 Å². The van der Waals surface area contributed by atoms with E-state index in [4.69, 9.17) is 9.84 Å². The van der Waals surface area contributed by atoms with Crippen molar-refractivity contribution in [3.63, 3.8) is 0 Å². The molecule has 0 aromatic heterocycles. The third kappa shape index (κ3) is 4.57. The molecular weight excluding hydrogens is 258 g/mol. The zero-order chi connectivity index (χ0) is 15.1. The molecular formula is C15H21NO4. The van der Waals surface area contributed by atoms with E-state index in [1.54, 1.807) is 13.2 Å². The van der Waals surface area contributed by atoms with Gasteiger partial charge in [0, 0.05) is 5.56 Å². The first kappa shape index (κ1) is 16.0. The number of aliphatic carboxylic acids is 1. The van der Waals surface area contributed by atoms with E-state index in [1.165, 1.54) is 0 Å². The molecule has 1 amide bonds. The lowest BCUT2D eigenvalue weighted by Gasteiger charge is -2.14. The van der Waals surface area contributed by atoms with Crippen molar-refractivity contribution in [2.75, 3.05) is 7.11 Å². The van der Waals surface area contributed by atoms with Gasteiger partial charge in [0.2, 0.25) is 5.91 Å². The van der Waals surface area contributed by atoms with Crippen LogP contribution in [0, 0.1) is 6.92 Å². The van der Waals surface area contributed by atoms with E-state index in [2.05, 4.69) is 5.32 Å². The molecule has 2 N–H and O–H groups in total. The van der Waals surface area contributed by atoms with Crippen LogP contribution < -0.4 is 10.1 Å². The molecule has 1 aromatic rings. The summed E-state index contributed by atoms with van der Waals surface area (Å²) in [5, 5.41) is 11.6. The van der Waals surface area contributed by atoms with Crippen molar-refractivity contribution >= 4 is 11.9 Å². The fourth-order valence-electron chi connectivity index (χ4n) is 2.01. The van der Waals surface area contributed by atoms with E-state index < -0.39 is 12.0 Å². The molecule has 1 rings (SSSR count). The summed E-state index contributed by atoms with van der Waals surface area (Å²) in [6.07, 6.45) is 1.23. The molecule has 0 aliphatic carbocycles. The largest absolute Gasteiger partial charge is 0.496 e. The number of carboxylic acids is 1. The lowest BCUT2D eigenvalue weighted by atomic mass is 10.1. The fourth-order valence-corrected chi connectivity index (χ4v) is 2.01. The predicted molar refractivity (Wildman–Crippen MR) is 75.9 cm³/mol. The van der Waals surface area contributed by atoms with Gasteiger partial charge in [-0.1, -0.05) is 31.0 Å². The Kier molecular flexibility index (Phi) is 6.03. The summed E-state index contributed by atoms with van der Waals surface area (Å²) >= 11 is 0. The van der Waals surface area contributed by atoms with Crippen LogP contribution >= 0.6 is 0 Å². The number of hydrogen-bond donors (Lipinski definition) is 2. The Bertz CT molecular complexity index is 485. The Morgan fingerprint density at radius 2 is 2.10 bits per heavy atom. The van der Waals surface area contributed by atoms with Gasteiger partial charge in [-0.05, 0) is 19.4 Å². The van der Waals surface area contributed by atoms with Gasteiger partial charge in [-0.3, -0.25) is 4.79 Å². The van der Waals surface area contributed by atoms with Crippen LogP contribution in [0.3, 0.4) is 0 Å². The van der Waals surface area contributed by atoms with Crippen LogP contribution in [0.1, 0.15) is 30.9 Å². The van der Waals surface area contributed by atoms with E-state index in [-0.39, 0.29) is 12.3 Å². The van der Waals surface area contributed by atoms with E-state index in [0.29, 0.717) is 18.6 Å². The number of nitrogens with one attached hydrogen (secondary N) is 1. The second kappa shape index (κ2) is 7.53. The van der Waals surface area contributed by atoms with Crippen LogP contribution in [-0.2, 0) is 16.0 Å². The highest BCUT2D eigenvalue weighted by Crippen LogP contribution is 2.20. The van der Waals surface area contributed by atoms with Crippen molar-refractivity contribution in [2.45, 2.75) is 39.2 Å². The summed E-state index contributed by atoms with van der Waals surface area (Å²) in [6, 6.07) is 4.74. The van der Waals surface area contributed by atoms with Crippen LogP contribution in [0.2, 0.25) is 0 Å². The van der Waals surface area contributed by atoms with Gasteiger partial charge in [-0.2, -0.15) is 0 Å². The minimum Gasteiger partial charge on any atom is -0.496 e. The van der Waals surface area contributed by atoms with E-state index in [1.807, 2.05) is 26.0 Å². The predicted octanol–water partition coefficient (Wildman–Crippen LogP) is 1.92. The lowest BCUT2D eigenvalue weighted by molar-refractivity contribution is -0.141. The first-order valence-electron chi connectivity index (χ1n) is 6.63. The van der Waals surface area contributed by atoms with Gasteiger partial charge in [-0.25, -0.2) is 4.79 Å². The van der Waals surface area contributed by atoms with Crippen LogP contribution in [0.25, 0.3) is 0 Å². The topological polar surface area (TPSA) is 75.6 Å². The van der Waals surface area contributed by atoms with E-state index in [9.17, 15) is 9.59 Å². The number of carboxylic acid groups (broad SMARTS) is 1. The number of ether oxygens (including phenoxy) is 1. The summed E-state index contributed by atoms with van der Waals surface area (Å²) in [7, 11) is 1.54. The first-order chi connectivity index (χ1) is 9.47. The number of aryl methyl sites for hydroxylation is 1. The molecule has 110 valence electrons. The first-order valence-corrected chi connectivity index (χ1v) is 6.63. The molecule has 1 unspecified atom stereocenters. The maximum Gasteiger partial charge on any atom is 0.326 e. The van der Waals surface area contributed by atoms with E-state index >= 15 is 0 Å². The zero-order valence-electron chi connectivity index (χ0n) is 12.1. The molecule has 1 atom stereocenters. The number of carbonyl (C=O) groups excluding carboxylic acids is 1. The SMILES string of the molecule is CCCC(NC(=O)Cc1cc(C)ccc1OC)C(=O)O. The summed E-state index contributed by atoms with van der Waals surface area (Å²) < 4.78 is 5.20. The number of carbonyl (C=O) groups is 2. The Hall–Kier alpha value is -2.04. The molecule has 0 aliphatic rings. The standard InChI is InChI=1S/C15H21NO4/c1-4-5-12(15(18)19)16-14(17)9-11-8-10(2)6-7-13(11)20-3/h6-8,12H,4-5,9H2,1-3H3,(H,16,17)(H,18,19). The Morgan fingerprint density at radius 1 is 1.40 bits per heavy atom. The van der Waals surface area contributed by atoms with Gasteiger partial charge < -0.3 is 15.2 Å². The summed E-state index contributed by atoms with van der Waals surface area (Å²) in [4.78, 5) is 23.0. The quantitative estimate of drug-likeness (QED) is 0.799. The Labute approximate surface area is 118 Å². The van der Waals surface area contributed by atoms with Crippen LogP contribution in [0.15, 0.2) is 18.2 Å². The third-order valence-electron chi connectivity index (χ3n) is 3.00. The molecule has 0 radical (unpaired) electrons. The molecule has 1 aromatic carbocycles. The number of rotatable bonds is 7. The van der Waals surface area contributed by atoms with Crippen molar-refractivity contribution in [1.29, 1.82) is 0 Å². The third-order valence-corrected chi connectivity index (χ3v) is 3.00. The average molecular weight is 279 g/mol. The zero-order valence-corrected chi connectivity index (χ0v) is 12.1. The van der Waals surface area contributed by atoms with Gasteiger partial charge in [0.1, 0.15) is 11.8 Å². The van der Waals surface area contributed by atoms with Crippen molar-refractivity contribution < 1.29 is 19.4 Å². The molecule has 20 heavy (non-hydrogen) atoms. The number of benzene rings is 1. The Balaban J connectivity index is 2.75. The molecule has 0 spiro atoms. The summed E-state index contributed by atoms with van der Waals surface area (Å²) in [6.45, 7) is 3.81. The minimum absolute atomic E-state index is 0.109. The van der Waals surface area contributed by atoms with Crippen LogP contribution in [-0.4, -0.2) is 30.1 Å². The minimum atomic E-state index is -1.00. The average Bonchev–Trinajstić information content (AvgIpc) is 2.38. The maximum absolute atomic E-state index is 12.0. The Morgan fingerprint density at radius 3 is 2.65 bits per heavy atom. The number of amides is 1. The van der Waals surface area contributed by atoms with Crippen LogP contribution in [0.4, 0.5) is 0 Å². The highest BCUT2D eigenvalue weighted by molar-refractivity contribution is 5.85. The van der Waals surface area contributed by atoms with Gasteiger partial charge in [0.25, 0.3) is 0 Å². The molecule has 0 saturated heterocycles.